The Morgan fingerprint density at radius 3 is 2.83 bits per heavy atom. The molecule has 2 aliphatic rings. The molecule has 2 fully saturated rings. The van der Waals surface area contributed by atoms with Crippen LogP contribution in [0.4, 0.5) is 0 Å². The lowest BCUT2D eigenvalue weighted by Gasteiger charge is -2.20. The van der Waals surface area contributed by atoms with Crippen molar-refractivity contribution in [1.82, 2.24) is 0 Å². The minimum Gasteiger partial charge on any atom is -0.372 e. The molecule has 0 saturated carbocycles. The summed E-state index contributed by atoms with van der Waals surface area (Å²) in [6.45, 7) is 4.59. The van der Waals surface area contributed by atoms with Crippen molar-refractivity contribution in [2.24, 2.45) is 0 Å². The van der Waals surface area contributed by atoms with Gasteiger partial charge in [-0.1, -0.05) is 22.6 Å². The quantitative estimate of drug-likeness (QED) is 0.537. The molecule has 3 atom stereocenters. The van der Waals surface area contributed by atoms with Gasteiger partial charge in [-0.3, -0.25) is 0 Å². The molecule has 0 radical (unpaired) electrons. The van der Waals surface area contributed by atoms with Crippen LogP contribution in [0.1, 0.15) is 13.8 Å². The summed E-state index contributed by atoms with van der Waals surface area (Å²) in [6.07, 6.45) is 0.522. The lowest BCUT2D eigenvalue weighted by molar-refractivity contribution is -0.172. The van der Waals surface area contributed by atoms with Gasteiger partial charge in [0.1, 0.15) is 12.2 Å². The predicted molar refractivity (Wildman–Crippen MR) is 52.5 cm³/mol. The number of ether oxygens (including phenoxy) is 3. The van der Waals surface area contributed by atoms with E-state index in [1.807, 2.05) is 13.8 Å². The van der Waals surface area contributed by atoms with Crippen LogP contribution in [0.3, 0.4) is 0 Å². The zero-order valence-electron chi connectivity index (χ0n) is 7.25. The first-order valence-corrected chi connectivity index (χ1v) is 5.68. The SMILES string of the molecule is CC1(C)O[C@H]2[C@H](CI)OC[C@H]2O1. The smallest absolute Gasteiger partial charge is 0.164 e. The van der Waals surface area contributed by atoms with Gasteiger partial charge in [-0.05, 0) is 13.8 Å². The molecule has 3 nitrogen and oxygen atoms in total. The summed E-state index contributed by atoms with van der Waals surface area (Å²) in [5, 5.41) is 0. The zero-order chi connectivity index (χ0) is 8.77. The molecule has 0 N–H and O–H groups in total. The summed E-state index contributed by atoms with van der Waals surface area (Å²) in [5.74, 6) is -0.414. The highest BCUT2D eigenvalue weighted by Gasteiger charge is 2.49. The molecule has 2 aliphatic heterocycles. The Labute approximate surface area is 85.9 Å². The third-order valence-electron chi connectivity index (χ3n) is 2.21. The maximum atomic E-state index is 5.72. The van der Waals surface area contributed by atoms with Gasteiger partial charge in [0.05, 0.1) is 12.7 Å². The van der Waals surface area contributed by atoms with Gasteiger partial charge in [0.2, 0.25) is 0 Å². The third-order valence-corrected chi connectivity index (χ3v) is 3.08. The first-order valence-electron chi connectivity index (χ1n) is 4.15. The molecule has 0 bridgehead atoms. The summed E-state index contributed by atoms with van der Waals surface area (Å²) in [5.41, 5.74) is 0. The first-order chi connectivity index (χ1) is 5.62. The molecule has 2 saturated heterocycles. The largest absolute Gasteiger partial charge is 0.372 e. The Hall–Kier alpha value is 0.610. The van der Waals surface area contributed by atoms with Gasteiger partial charge in [-0.2, -0.15) is 0 Å². The van der Waals surface area contributed by atoms with Gasteiger partial charge in [0.15, 0.2) is 5.79 Å². The van der Waals surface area contributed by atoms with E-state index >= 15 is 0 Å². The molecule has 0 aromatic heterocycles. The molecular weight excluding hydrogens is 271 g/mol. The van der Waals surface area contributed by atoms with Gasteiger partial charge >= 0.3 is 0 Å². The van der Waals surface area contributed by atoms with Crippen LogP contribution in [-0.4, -0.2) is 35.1 Å². The third kappa shape index (κ3) is 1.49. The standard InChI is InChI=1S/C8H13IO3/c1-8(2)11-6-4-10-5(3-9)7(6)12-8/h5-7H,3-4H2,1-2H3/t5-,6+,7-/m0/s1. The van der Waals surface area contributed by atoms with Crippen LogP contribution in [0.15, 0.2) is 0 Å². The molecule has 0 amide bonds. The summed E-state index contributed by atoms with van der Waals surface area (Å²) in [7, 11) is 0. The number of halogens is 1. The van der Waals surface area contributed by atoms with Crippen molar-refractivity contribution in [3.05, 3.63) is 0 Å². The van der Waals surface area contributed by atoms with Crippen LogP contribution >= 0.6 is 22.6 Å². The zero-order valence-corrected chi connectivity index (χ0v) is 9.41. The molecule has 0 aromatic carbocycles. The molecule has 2 rings (SSSR count). The predicted octanol–water partition coefficient (Wildman–Crippen LogP) is 1.34. The minimum atomic E-state index is -0.414. The monoisotopic (exact) mass is 284 g/mol. The average molecular weight is 284 g/mol. The summed E-state index contributed by atoms with van der Waals surface area (Å²) in [4.78, 5) is 0. The fourth-order valence-electron chi connectivity index (χ4n) is 1.75. The Morgan fingerprint density at radius 1 is 1.42 bits per heavy atom. The second-order valence-electron chi connectivity index (χ2n) is 3.66. The molecule has 2 heterocycles. The Bertz CT molecular complexity index is 183. The Kier molecular flexibility index (Phi) is 2.35. The molecule has 70 valence electrons. The van der Waals surface area contributed by atoms with Crippen LogP contribution in [0.5, 0.6) is 0 Å². The maximum absolute atomic E-state index is 5.72. The Balaban J connectivity index is 2.06. The second-order valence-corrected chi connectivity index (χ2v) is 4.55. The van der Waals surface area contributed by atoms with Crippen LogP contribution in [0.2, 0.25) is 0 Å². The van der Waals surface area contributed by atoms with E-state index < -0.39 is 5.79 Å². The number of fused-ring (bicyclic) bond motifs is 1. The summed E-state index contributed by atoms with van der Waals surface area (Å²) in [6, 6.07) is 0. The fourth-order valence-corrected chi connectivity index (χ4v) is 2.51. The fraction of sp³-hybridized carbons (Fsp3) is 1.00. The summed E-state index contributed by atoms with van der Waals surface area (Å²) < 4.78 is 17.9. The van der Waals surface area contributed by atoms with Gasteiger partial charge < -0.3 is 14.2 Å². The van der Waals surface area contributed by atoms with Crippen molar-refractivity contribution >= 4 is 22.6 Å². The molecule has 0 unspecified atom stereocenters. The van der Waals surface area contributed by atoms with E-state index in [4.69, 9.17) is 14.2 Å². The van der Waals surface area contributed by atoms with E-state index in [-0.39, 0.29) is 18.3 Å². The number of alkyl halides is 1. The van der Waals surface area contributed by atoms with E-state index in [2.05, 4.69) is 22.6 Å². The maximum Gasteiger partial charge on any atom is 0.164 e. The van der Waals surface area contributed by atoms with Crippen LogP contribution < -0.4 is 0 Å². The molecule has 0 aliphatic carbocycles. The van der Waals surface area contributed by atoms with E-state index in [0.717, 1.165) is 4.43 Å². The van der Waals surface area contributed by atoms with Crippen LogP contribution in [0, 0.1) is 0 Å². The van der Waals surface area contributed by atoms with E-state index in [1.54, 1.807) is 0 Å². The molecule has 4 heteroatoms. The highest BCUT2D eigenvalue weighted by molar-refractivity contribution is 14.1. The van der Waals surface area contributed by atoms with Gasteiger partial charge in [0.25, 0.3) is 0 Å². The number of hydrogen-bond acceptors (Lipinski definition) is 3. The number of hydrogen-bond donors (Lipinski definition) is 0. The Morgan fingerprint density at radius 2 is 2.17 bits per heavy atom. The van der Waals surface area contributed by atoms with Crippen LogP contribution in [0.25, 0.3) is 0 Å². The van der Waals surface area contributed by atoms with Crippen molar-refractivity contribution in [2.45, 2.75) is 37.9 Å². The highest BCUT2D eigenvalue weighted by atomic mass is 127. The van der Waals surface area contributed by atoms with Gasteiger partial charge in [-0.25, -0.2) is 0 Å². The molecule has 12 heavy (non-hydrogen) atoms. The lowest BCUT2D eigenvalue weighted by atomic mass is 10.2. The lowest BCUT2D eigenvalue weighted by Crippen LogP contribution is -2.30. The highest BCUT2D eigenvalue weighted by Crippen LogP contribution is 2.35. The van der Waals surface area contributed by atoms with E-state index in [1.165, 1.54) is 0 Å². The topological polar surface area (TPSA) is 27.7 Å². The second kappa shape index (κ2) is 3.08. The molecule has 0 aromatic rings. The summed E-state index contributed by atoms with van der Waals surface area (Å²) >= 11 is 2.32. The van der Waals surface area contributed by atoms with Crippen molar-refractivity contribution in [3.63, 3.8) is 0 Å². The van der Waals surface area contributed by atoms with Crippen molar-refractivity contribution < 1.29 is 14.2 Å². The van der Waals surface area contributed by atoms with E-state index in [0.29, 0.717) is 6.61 Å². The van der Waals surface area contributed by atoms with E-state index in [9.17, 15) is 0 Å². The minimum absolute atomic E-state index is 0.150. The normalized spacial score (nSPS) is 44.8. The van der Waals surface area contributed by atoms with Crippen molar-refractivity contribution in [3.8, 4) is 0 Å². The van der Waals surface area contributed by atoms with Crippen LogP contribution in [-0.2, 0) is 14.2 Å². The molecular formula is C8H13IO3. The van der Waals surface area contributed by atoms with Gasteiger partial charge in [-0.15, -0.1) is 0 Å². The van der Waals surface area contributed by atoms with Crippen molar-refractivity contribution in [1.29, 1.82) is 0 Å². The first kappa shape index (κ1) is 9.18. The average Bonchev–Trinajstić information content (AvgIpc) is 2.42. The van der Waals surface area contributed by atoms with Gasteiger partial charge in [0, 0.05) is 4.43 Å². The molecule has 0 spiro atoms. The van der Waals surface area contributed by atoms with Crippen molar-refractivity contribution in [2.75, 3.05) is 11.0 Å². The number of rotatable bonds is 1.